The number of hydrogen-bond acceptors (Lipinski definition) is 3. The molecule has 1 amide bonds. The Bertz CT molecular complexity index is 983. The molecule has 0 aliphatic carbocycles. The second kappa shape index (κ2) is 8.00. The van der Waals surface area contributed by atoms with Crippen molar-refractivity contribution in [2.75, 3.05) is 0 Å². The standard InChI is InChI=1S/C22H29N5O/c1-7-26-21(12-19(25-26)14(2)3)22(28)24-16(5)18-13-23-27(17(18)6)20-11-9-8-10-15(20)4/h8-14,16H,7H2,1-6H3,(H,24,28). The first kappa shape index (κ1) is 19.9. The molecule has 0 fully saturated rings. The summed E-state index contributed by atoms with van der Waals surface area (Å²) in [5.41, 5.74) is 5.77. The van der Waals surface area contributed by atoms with E-state index >= 15 is 0 Å². The van der Waals surface area contributed by atoms with E-state index in [-0.39, 0.29) is 17.9 Å². The van der Waals surface area contributed by atoms with Gasteiger partial charge in [-0.05, 0) is 51.3 Å². The number of aromatic nitrogens is 4. The maximum absolute atomic E-state index is 12.9. The zero-order valence-electron chi connectivity index (χ0n) is 17.5. The topological polar surface area (TPSA) is 64.7 Å². The second-order valence-corrected chi connectivity index (χ2v) is 7.50. The number of nitrogens with zero attached hydrogens (tertiary/aromatic N) is 4. The van der Waals surface area contributed by atoms with E-state index < -0.39 is 0 Å². The molecule has 28 heavy (non-hydrogen) atoms. The highest BCUT2D eigenvalue weighted by Crippen LogP contribution is 2.22. The van der Waals surface area contributed by atoms with Gasteiger partial charge in [-0.15, -0.1) is 0 Å². The average Bonchev–Trinajstić information content (AvgIpc) is 3.26. The first-order valence-electron chi connectivity index (χ1n) is 9.82. The number of rotatable bonds is 6. The molecule has 0 bridgehead atoms. The summed E-state index contributed by atoms with van der Waals surface area (Å²) >= 11 is 0. The fourth-order valence-corrected chi connectivity index (χ4v) is 3.38. The zero-order chi connectivity index (χ0) is 20.4. The Labute approximate surface area is 166 Å². The van der Waals surface area contributed by atoms with Crippen molar-refractivity contribution in [1.29, 1.82) is 0 Å². The van der Waals surface area contributed by atoms with Crippen LogP contribution in [0.5, 0.6) is 0 Å². The van der Waals surface area contributed by atoms with E-state index in [1.54, 1.807) is 4.68 Å². The molecule has 1 aromatic carbocycles. The van der Waals surface area contributed by atoms with E-state index in [0.717, 1.165) is 28.2 Å². The molecule has 1 atom stereocenters. The third kappa shape index (κ3) is 3.72. The highest BCUT2D eigenvalue weighted by atomic mass is 16.2. The smallest absolute Gasteiger partial charge is 0.270 e. The molecule has 3 rings (SSSR count). The minimum atomic E-state index is -0.159. The SMILES string of the molecule is CCn1nc(C(C)C)cc1C(=O)NC(C)c1cnn(-c2ccccc2C)c1C. The molecule has 148 valence electrons. The summed E-state index contributed by atoms with van der Waals surface area (Å²) < 4.78 is 3.70. The molecule has 6 heteroatoms. The van der Waals surface area contributed by atoms with Gasteiger partial charge in [-0.1, -0.05) is 32.0 Å². The van der Waals surface area contributed by atoms with Crippen LogP contribution in [0.3, 0.4) is 0 Å². The molecule has 0 spiro atoms. The van der Waals surface area contributed by atoms with Crippen LogP contribution in [0.4, 0.5) is 0 Å². The van der Waals surface area contributed by atoms with Crippen LogP contribution >= 0.6 is 0 Å². The maximum Gasteiger partial charge on any atom is 0.270 e. The van der Waals surface area contributed by atoms with Gasteiger partial charge in [-0.25, -0.2) is 4.68 Å². The molecular weight excluding hydrogens is 350 g/mol. The minimum Gasteiger partial charge on any atom is -0.344 e. The summed E-state index contributed by atoms with van der Waals surface area (Å²) in [7, 11) is 0. The molecule has 2 aromatic heterocycles. The lowest BCUT2D eigenvalue weighted by Crippen LogP contribution is -2.29. The molecule has 2 heterocycles. The number of carbonyl (C=O) groups is 1. The molecule has 0 radical (unpaired) electrons. The van der Waals surface area contributed by atoms with E-state index in [0.29, 0.717) is 12.2 Å². The first-order chi connectivity index (χ1) is 13.3. The lowest BCUT2D eigenvalue weighted by molar-refractivity contribution is 0.0929. The Morgan fingerprint density at radius 2 is 1.89 bits per heavy atom. The van der Waals surface area contributed by atoms with Gasteiger partial charge < -0.3 is 5.32 Å². The Morgan fingerprint density at radius 1 is 1.18 bits per heavy atom. The van der Waals surface area contributed by atoms with Crippen LogP contribution in [0.25, 0.3) is 5.69 Å². The Balaban J connectivity index is 1.83. The number of benzene rings is 1. The lowest BCUT2D eigenvalue weighted by Gasteiger charge is -2.15. The Morgan fingerprint density at radius 3 is 2.54 bits per heavy atom. The molecule has 6 nitrogen and oxygen atoms in total. The van der Waals surface area contributed by atoms with Crippen molar-refractivity contribution in [3.05, 3.63) is 64.7 Å². The van der Waals surface area contributed by atoms with Crippen molar-refractivity contribution in [2.24, 2.45) is 0 Å². The number of para-hydroxylation sites is 1. The highest BCUT2D eigenvalue weighted by Gasteiger charge is 2.21. The molecule has 0 saturated carbocycles. The third-order valence-electron chi connectivity index (χ3n) is 5.13. The Hall–Kier alpha value is -2.89. The van der Waals surface area contributed by atoms with Crippen LogP contribution < -0.4 is 5.32 Å². The minimum absolute atomic E-state index is 0.114. The van der Waals surface area contributed by atoms with E-state index in [9.17, 15) is 4.79 Å². The van der Waals surface area contributed by atoms with E-state index in [1.807, 2.05) is 49.8 Å². The van der Waals surface area contributed by atoms with Gasteiger partial charge in [0.2, 0.25) is 0 Å². The molecule has 1 N–H and O–H groups in total. The van der Waals surface area contributed by atoms with Crippen molar-refractivity contribution in [3.63, 3.8) is 0 Å². The van der Waals surface area contributed by atoms with E-state index in [4.69, 9.17) is 0 Å². The third-order valence-corrected chi connectivity index (χ3v) is 5.13. The lowest BCUT2D eigenvalue weighted by atomic mass is 10.1. The molecular formula is C22H29N5O. The first-order valence-corrected chi connectivity index (χ1v) is 9.82. The maximum atomic E-state index is 12.9. The molecule has 1 unspecified atom stereocenters. The monoisotopic (exact) mass is 379 g/mol. The largest absolute Gasteiger partial charge is 0.344 e. The van der Waals surface area contributed by atoms with Crippen molar-refractivity contribution in [3.8, 4) is 5.69 Å². The molecule has 0 aliphatic rings. The van der Waals surface area contributed by atoms with Gasteiger partial charge in [-0.3, -0.25) is 9.48 Å². The normalized spacial score (nSPS) is 12.4. The number of carbonyl (C=O) groups excluding carboxylic acids is 1. The number of nitrogens with one attached hydrogen (secondary N) is 1. The molecule has 0 saturated heterocycles. The van der Waals surface area contributed by atoms with E-state index in [2.05, 4.69) is 48.4 Å². The van der Waals surface area contributed by atoms with Gasteiger partial charge in [0.05, 0.1) is 23.6 Å². The number of hydrogen-bond donors (Lipinski definition) is 1. The summed E-state index contributed by atoms with van der Waals surface area (Å²) in [6.07, 6.45) is 1.84. The van der Waals surface area contributed by atoms with Gasteiger partial charge in [0.1, 0.15) is 5.69 Å². The van der Waals surface area contributed by atoms with Crippen molar-refractivity contribution < 1.29 is 4.79 Å². The van der Waals surface area contributed by atoms with E-state index in [1.165, 1.54) is 0 Å². The van der Waals surface area contributed by atoms with Crippen LogP contribution in [0.1, 0.15) is 72.7 Å². The van der Waals surface area contributed by atoms with Gasteiger partial charge in [0.25, 0.3) is 5.91 Å². The van der Waals surface area contributed by atoms with Crippen LogP contribution in [0, 0.1) is 13.8 Å². The van der Waals surface area contributed by atoms with Crippen molar-refractivity contribution in [1.82, 2.24) is 24.9 Å². The van der Waals surface area contributed by atoms with Gasteiger partial charge in [0, 0.05) is 17.8 Å². The summed E-state index contributed by atoms with van der Waals surface area (Å²) in [6.45, 7) is 12.9. The van der Waals surface area contributed by atoms with Crippen LogP contribution in [-0.2, 0) is 6.54 Å². The second-order valence-electron chi connectivity index (χ2n) is 7.50. The number of amides is 1. The van der Waals surface area contributed by atoms with Gasteiger partial charge >= 0.3 is 0 Å². The summed E-state index contributed by atoms with van der Waals surface area (Å²) in [6, 6.07) is 9.87. The highest BCUT2D eigenvalue weighted by molar-refractivity contribution is 5.93. The van der Waals surface area contributed by atoms with Crippen LogP contribution in [0.15, 0.2) is 36.5 Å². The zero-order valence-corrected chi connectivity index (χ0v) is 17.5. The predicted molar refractivity (Wildman–Crippen MR) is 111 cm³/mol. The van der Waals surface area contributed by atoms with Gasteiger partial charge in [0.15, 0.2) is 0 Å². The van der Waals surface area contributed by atoms with Crippen LogP contribution in [-0.4, -0.2) is 25.5 Å². The predicted octanol–water partition coefficient (Wildman–Crippen LogP) is 4.32. The quantitative estimate of drug-likeness (QED) is 0.694. The summed E-state index contributed by atoms with van der Waals surface area (Å²) in [5, 5.41) is 12.2. The van der Waals surface area contributed by atoms with Crippen molar-refractivity contribution >= 4 is 5.91 Å². The fourth-order valence-electron chi connectivity index (χ4n) is 3.38. The Kier molecular flexibility index (Phi) is 5.68. The molecule has 3 aromatic rings. The molecule has 0 aliphatic heterocycles. The van der Waals surface area contributed by atoms with Gasteiger partial charge in [-0.2, -0.15) is 10.2 Å². The number of aryl methyl sites for hydroxylation is 2. The van der Waals surface area contributed by atoms with Crippen molar-refractivity contribution in [2.45, 2.75) is 60.0 Å². The average molecular weight is 380 g/mol. The van der Waals surface area contributed by atoms with Crippen LogP contribution in [0.2, 0.25) is 0 Å². The fraction of sp³-hybridized carbons (Fsp3) is 0.409. The summed E-state index contributed by atoms with van der Waals surface area (Å²) in [4.78, 5) is 12.9. The summed E-state index contributed by atoms with van der Waals surface area (Å²) in [5.74, 6) is 0.170.